The van der Waals surface area contributed by atoms with E-state index in [2.05, 4.69) is 10.6 Å². The predicted octanol–water partition coefficient (Wildman–Crippen LogP) is 2.85. The van der Waals surface area contributed by atoms with Crippen LogP contribution in [0.1, 0.15) is 19.3 Å². The lowest BCUT2D eigenvalue weighted by Gasteiger charge is -2.38. The van der Waals surface area contributed by atoms with Crippen molar-refractivity contribution in [3.05, 3.63) is 30.1 Å². The van der Waals surface area contributed by atoms with E-state index in [1.54, 1.807) is 12.1 Å². The number of halogens is 2. The molecule has 2 aliphatic rings. The van der Waals surface area contributed by atoms with E-state index in [0.29, 0.717) is 11.1 Å². The minimum Gasteiger partial charge on any atom is -0.324 e. The first-order chi connectivity index (χ1) is 9.67. The van der Waals surface area contributed by atoms with Crippen LogP contribution < -0.4 is 10.6 Å². The van der Waals surface area contributed by atoms with Crippen LogP contribution >= 0.6 is 12.4 Å². The van der Waals surface area contributed by atoms with E-state index in [-0.39, 0.29) is 24.3 Å². The number of piperidine rings is 1. The lowest BCUT2D eigenvalue weighted by Crippen LogP contribution is -2.45. The maximum Gasteiger partial charge on any atom is 0.321 e. The van der Waals surface area contributed by atoms with Gasteiger partial charge in [-0.25, -0.2) is 9.18 Å². The molecule has 1 spiro atoms. The van der Waals surface area contributed by atoms with Crippen LogP contribution in [0.4, 0.5) is 14.9 Å². The third-order valence-electron chi connectivity index (χ3n) is 4.52. The van der Waals surface area contributed by atoms with E-state index in [9.17, 15) is 9.18 Å². The Morgan fingerprint density at radius 1 is 1.29 bits per heavy atom. The summed E-state index contributed by atoms with van der Waals surface area (Å²) in [7, 11) is 0. The standard InChI is InChI=1S/C15H20FN3O.ClH/c16-12-2-1-3-13(10-12)18-14(20)19-8-5-15(6-9-19)4-7-17-11-15;/h1-3,10,17H,4-9,11H2,(H,18,20);1H. The second kappa shape index (κ2) is 6.62. The fourth-order valence-electron chi connectivity index (χ4n) is 3.18. The number of benzene rings is 1. The molecule has 0 radical (unpaired) electrons. The molecule has 0 unspecified atom stereocenters. The Hall–Kier alpha value is -1.33. The minimum absolute atomic E-state index is 0. The molecule has 0 saturated carbocycles. The summed E-state index contributed by atoms with van der Waals surface area (Å²) in [4.78, 5) is 14.0. The van der Waals surface area contributed by atoms with Gasteiger partial charge in [-0.3, -0.25) is 0 Å². The number of carbonyl (C=O) groups is 1. The van der Waals surface area contributed by atoms with Crippen LogP contribution in [-0.4, -0.2) is 37.1 Å². The smallest absolute Gasteiger partial charge is 0.321 e. The Labute approximate surface area is 130 Å². The van der Waals surface area contributed by atoms with Gasteiger partial charge >= 0.3 is 6.03 Å². The topological polar surface area (TPSA) is 44.4 Å². The fourth-order valence-corrected chi connectivity index (χ4v) is 3.18. The molecule has 1 aromatic carbocycles. The molecular formula is C15H21ClFN3O. The number of urea groups is 1. The number of hydrogen-bond donors (Lipinski definition) is 2. The first kappa shape index (κ1) is 16.0. The summed E-state index contributed by atoms with van der Waals surface area (Å²) in [5.74, 6) is -0.336. The average Bonchev–Trinajstić information content (AvgIpc) is 2.88. The zero-order valence-electron chi connectivity index (χ0n) is 11.9. The highest BCUT2D eigenvalue weighted by atomic mass is 35.5. The molecule has 2 fully saturated rings. The highest BCUT2D eigenvalue weighted by molar-refractivity contribution is 5.89. The second-order valence-corrected chi connectivity index (χ2v) is 5.85. The first-order valence-corrected chi connectivity index (χ1v) is 7.19. The molecule has 2 heterocycles. The number of hydrogen-bond acceptors (Lipinski definition) is 2. The number of likely N-dealkylation sites (tertiary alicyclic amines) is 1. The van der Waals surface area contributed by atoms with Crippen LogP contribution in [0.3, 0.4) is 0 Å². The molecule has 2 saturated heterocycles. The Morgan fingerprint density at radius 2 is 2.05 bits per heavy atom. The fraction of sp³-hybridized carbons (Fsp3) is 0.533. The van der Waals surface area contributed by atoms with Gasteiger partial charge in [-0.05, 0) is 49.4 Å². The number of rotatable bonds is 1. The normalized spacial score (nSPS) is 20.1. The largest absolute Gasteiger partial charge is 0.324 e. The number of anilines is 1. The van der Waals surface area contributed by atoms with Crippen LogP contribution in [0, 0.1) is 11.2 Å². The van der Waals surface area contributed by atoms with Gasteiger partial charge in [-0.1, -0.05) is 6.07 Å². The van der Waals surface area contributed by atoms with E-state index in [1.165, 1.54) is 18.6 Å². The van der Waals surface area contributed by atoms with Crippen molar-refractivity contribution in [1.82, 2.24) is 10.2 Å². The zero-order valence-corrected chi connectivity index (χ0v) is 12.7. The summed E-state index contributed by atoms with van der Waals surface area (Å²) in [6.45, 7) is 3.73. The van der Waals surface area contributed by atoms with Gasteiger partial charge < -0.3 is 15.5 Å². The van der Waals surface area contributed by atoms with Crippen molar-refractivity contribution in [3.8, 4) is 0 Å². The van der Waals surface area contributed by atoms with Crippen molar-refractivity contribution < 1.29 is 9.18 Å². The van der Waals surface area contributed by atoms with Crippen LogP contribution in [0.15, 0.2) is 24.3 Å². The first-order valence-electron chi connectivity index (χ1n) is 7.19. The Balaban J connectivity index is 0.00000161. The zero-order chi connectivity index (χ0) is 14.0. The maximum absolute atomic E-state index is 13.1. The van der Waals surface area contributed by atoms with Crippen molar-refractivity contribution in [2.75, 3.05) is 31.5 Å². The lowest BCUT2D eigenvalue weighted by molar-refractivity contribution is 0.137. The van der Waals surface area contributed by atoms with Gasteiger partial charge in [0.2, 0.25) is 0 Å². The van der Waals surface area contributed by atoms with Crippen LogP contribution in [-0.2, 0) is 0 Å². The number of nitrogens with one attached hydrogen (secondary N) is 2. The summed E-state index contributed by atoms with van der Waals surface area (Å²) < 4.78 is 13.1. The molecule has 1 aromatic rings. The molecular weight excluding hydrogens is 293 g/mol. The highest BCUT2D eigenvalue weighted by Gasteiger charge is 2.37. The number of amides is 2. The van der Waals surface area contributed by atoms with E-state index < -0.39 is 0 Å². The van der Waals surface area contributed by atoms with Crippen molar-refractivity contribution in [1.29, 1.82) is 0 Å². The Bertz CT molecular complexity index is 495. The van der Waals surface area contributed by atoms with Crippen LogP contribution in [0.5, 0.6) is 0 Å². The molecule has 3 rings (SSSR count). The quantitative estimate of drug-likeness (QED) is 0.837. The van der Waals surface area contributed by atoms with Gasteiger partial charge in [0, 0.05) is 25.3 Å². The minimum atomic E-state index is -0.336. The van der Waals surface area contributed by atoms with Crippen molar-refractivity contribution in [2.24, 2.45) is 5.41 Å². The van der Waals surface area contributed by atoms with E-state index in [0.717, 1.165) is 39.0 Å². The van der Waals surface area contributed by atoms with Gasteiger partial charge in [0.1, 0.15) is 5.82 Å². The van der Waals surface area contributed by atoms with Gasteiger partial charge in [0.05, 0.1) is 0 Å². The van der Waals surface area contributed by atoms with E-state index >= 15 is 0 Å². The van der Waals surface area contributed by atoms with Gasteiger partial charge in [-0.2, -0.15) is 0 Å². The van der Waals surface area contributed by atoms with Crippen LogP contribution in [0.25, 0.3) is 0 Å². The molecule has 2 amide bonds. The van der Waals surface area contributed by atoms with Gasteiger partial charge in [-0.15, -0.1) is 12.4 Å². The van der Waals surface area contributed by atoms with Gasteiger partial charge in [0.15, 0.2) is 0 Å². The molecule has 0 aliphatic carbocycles. The van der Waals surface area contributed by atoms with E-state index in [1.807, 2.05) is 4.90 Å². The third-order valence-corrected chi connectivity index (χ3v) is 4.52. The van der Waals surface area contributed by atoms with E-state index in [4.69, 9.17) is 0 Å². The molecule has 0 bridgehead atoms. The monoisotopic (exact) mass is 313 g/mol. The molecule has 2 N–H and O–H groups in total. The molecule has 21 heavy (non-hydrogen) atoms. The number of nitrogens with zero attached hydrogens (tertiary/aromatic N) is 1. The number of carbonyl (C=O) groups excluding carboxylic acids is 1. The summed E-state index contributed by atoms with van der Waals surface area (Å²) >= 11 is 0. The third kappa shape index (κ3) is 3.66. The van der Waals surface area contributed by atoms with Crippen molar-refractivity contribution in [3.63, 3.8) is 0 Å². The molecule has 2 aliphatic heterocycles. The average molecular weight is 314 g/mol. The lowest BCUT2D eigenvalue weighted by atomic mass is 9.78. The summed E-state index contributed by atoms with van der Waals surface area (Å²) in [6, 6.07) is 5.88. The summed E-state index contributed by atoms with van der Waals surface area (Å²) in [6.07, 6.45) is 3.32. The molecule has 4 nitrogen and oxygen atoms in total. The summed E-state index contributed by atoms with van der Waals surface area (Å²) in [5.41, 5.74) is 0.910. The molecule has 116 valence electrons. The Morgan fingerprint density at radius 3 is 2.67 bits per heavy atom. The maximum atomic E-state index is 13.1. The molecule has 6 heteroatoms. The van der Waals surface area contributed by atoms with Crippen molar-refractivity contribution >= 4 is 24.1 Å². The van der Waals surface area contributed by atoms with Gasteiger partial charge in [0.25, 0.3) is 0 Å². The molecule has 0 atom stereocenters. The second-order valence-electron chi connectivity index (χ2n) is 5.85. The predicted molar refractivity (Wildman–Crippen MR) is 83.4 cm³/mol. The summed E-state index contributed by atoms with van der Waals surface area (Å²) in [5, 5.41) is 6.17. The SMILES string of the molecule is Cl.O=C(Nc1cccc(F)c1)N1CCC2(CCNC2)CC1. The Kier molecular flexibility index (Phi) is 5.06. The molecule has 0 aromatic heterocycles. The highest BCUT2D eigenvalue weighted by Crippen LogP contribution is 2.36. The van der Waals surface area contributed by atoms with Crippen molar-refractivity contribution in [2.45, 2.75) is 19.3 Å². The van der Waals surface area contributed by atoms with Crippen LogP contribution in [0.2, 0.25) is 0 Å².